The molecule has 2 rings (SSSR count). The van der Waals surface area contributed by atoms with Crippen LogP contribution in [0.1, 0.15) is 25.8 Å². The van der Waals surface area contributed by atoms with Crippen molar-refractivity contribution in [1.82, 2.24) is 15.0 Å². The highest BCUT2D eigenvalue weighted by Crippen LogP contribution is 2.20. The van der Waals surface area contributed by atoms with Crippen LogP contribution in [0.5, 0.6) is 6.01 Å². The molecule has 0 saturated heterocycles. The molecule has 0 aliphatic rings. The van der Waals surface area contributed by atoms with E-state index in [9.17, 15) is 0 Å². The van der Waals surface area contributed by atoms with Gasteiger partial charge in [0.15, 0.2) is 0 Å². The fourth-order valence-electron chi connectivity index (χ4n) is 1.85. The van der Waals surface area contributed by atoms with Crippen LogP contribution in [-0.2, 0) is 6.42 Å². The van der Waals surface area contributed by atoms with E-state index in [2.05, 4.69) is 38.6 Å². The van der Waals surface area contributed by atoms with E-state index < -0.39 is 0 Å². The minimum absolute atomic E-state index is 0.327. The van der Waals surface area contributed by atoms with Crippen LogP contribution in [0.3, 0.4) is 0 Å². The summed E-state index contributed by atoms with van der Waals surface area (Å²) in [6, 6.07) is 8.42. The topological polar surface area (TPSA) is 72.0 Å². The molecule has 1 heterocycles. The van der Waals surface area contributed by atoms with E-state index in [1.165, 1.54) is 5.56 Å². The van der Waals surface area contributed by atoms with Crippen molar-refractivity contribution in [2.45, 2.75) is 26.7 Å². The van der Waals surface area contributed by atoms with E-state index in [1.807, 2.05) is 25.1 Å². The van der Waals surface area contributed by atoms with Crippen molar-refractivity contribution in [3.05, 3.63) is 29.8 Å². The minimum Gasteiger partial charge on any atom is -0.463 e. The molecule has 1 aromatic carbocycles. The highest BCUT2D eigenvalue weighted by atomic mass is 16.5. The first-order valence-corrected chi connectivity index (χ1v) is 7.18. The van der Waals surface area contributed by atoms with Crippen LogP contribution in [0.25, 0.3) is 0 Å². The van der Waals surface area contributed by atoms with Gasteiger partial charge in [-0.05, 0) is 24.5 Å². The molecule has 6 nitrogen and oxygen atoms in total. The molecule has 112 valence electrons. The summed E-state index contributed by atoms with van der Waals surface area (Å²) in [6.45, 7) is 4.73. The monoisotopic (exact) mass is 287 g/mol. The first kappa shape index (κ1) is 15.0. The number of rotatable bonds is 7. The number of nitrogens with one attached hydrogen (secondary N) is 2. The van der Waals surface area contributed by atoms with Crippen molar-refractivity contribution in [2.24, 2.45) is 0 Å². The first-order valence-electron chi connectivity index (χ1n) is 7.18. The van der Waals surface area contributed by atoms with Crippen LogP contribution < -0.4 is 15.4 Å². The maximum absolute atomic E-state index is 5.49. The van der Waals surface area contributed by atoms with Gasteiger partial charge in [-0.3, -0.25) is 0 Å². The first-order chi connectivity index (χ1) is 10.3. The highest BCUT2D eigenvalue weighted by Gasteiger charge is 2.08. The zero-order valence-corrected chi connectivity index (χ0v) is 12.7. The molecule has 0 saturated carbocycles. The van der Waals surface area contributed by atoms with E-state index in [-0.39, 0.29) is 0 Å². The third-order valence-corrected chi connectivity index (χ3v) is 2.92. The summed E-state index contributed by atoms with van der Waals surface area (Å²) in [5.74, 6) is 0.953. The Kier molecular flexibility index (Phi) is 5.31. The van der Waals surface area contributed by atoms with E-state index in [4.69, 9.17) is 4.74 Å². The van der Waals surface area contributed by atoms with Gasteiger partial charge in [0.1, 0.15) is 0 Å². The Labute approximate surface area is 125 Å². The van der Waals surface area contributed by atoms with Crippen molar-refractivity contribution >= 4 is 17.6 Å². The average Bonchev–Trinajstić information content (AvgIpc) is 2.53. The van der Waals surface area contributed by atoms with Crippen molar-refractivity contribution in [3.63, 3.8) is 0 Å². The fraction of sp³-hybridized carbons (Fsp3) is 0.400. The average molecular weight is 287 g/mol. The molecule has 0 aliphatic carbocycles. The Morgan fingerprint density at radius 2 is 1.81 bits per heavy atom. The van der Waals surface area contributed by atoms with Crippen LogP contribution in [0, 0.1) is 0 Å². The Morgan fingerprint density at radius 1 is 1.05 bits per heavy atom. The standard InChI is InChI=1S/C15H21N5O/c1-4-10-21-15-19-13(16-3)18-14(20-15)17-12-9-7-6-8-11(12)5-2/h6-9H,4-5,10H2,1-3H3,(H2,16,17,18,19,20). The summed E-state index contributed by atoms with van der Waals surface area (Å²) in [5, 5.41) is 6.15. The molecule has 1 aromatic heterocycles. The lowest BCUT2D eigenvalue weighted by molar-refractivity contribution is 0.292. The van der Waals surface area contributed by atoms with Crippen molar-refractivity contribution in [1.29, 1.82) is 0 Å². The summed E-state index contributed by atoms with van der Waals surface area (Å²) < 4.78 is 5.49. The molecule has 6 heteroatoms. The fourth-order valence-corrected chi connectivity index (χ4v) is 1.85. The molecule has 0 atom stereocenters. The number of aryl methyl sites for hydroxylation is 1. The second-order valence-corrected chi connectivity index (χ2v) is 4.50. The molecule has 0 bridgehead atoms. The van der Waals surface area contributed by atoms with Gasteiger partial charge in [-0.25, -0.2) is 0 Å². The van der Waals surface area contributed by atoms with E-state index in [0.717, 1.165) is 18.5 Å². The maximum atomic E-state index is 5.49. The molecule has 0 aliphatic heterocycles. The highest BCUT2D eigenvalue weighted by molar-refractivity contribution is 5.59. The van der Waals surface area contributed by atoms with Gasteiger partial charge in [0.05, 0.1) is 6.61 Å². The van der Waals surface area contributed by atoms with Gasteiger partial charge >= 0.3 is 6.01 Å². The second kappa shape index (κ2) is 7.42. The molecule has 0 unspecified atom stereocenters. The quantitative estimate of drug-likeness (QED) is 0.815. The van der Waals surface area contributed by atoms with Gasteiger partial charge in [0, 0.05) is 12.7 Å². The van der Waals surface area contributed by atoms with E-state index in [1.54, 1.807) is 7.05 Å². The summed E-state index contributed by atoms with van der Waals surface area (Å²) in [5.41, 5.74) is 2.20. The molecule has 2 aromatic rings. The van der Waals surface area contributed by atoms with Crippen LogP contribution in [0.15, 0.2) is 24.3 Å². The van der Waals surface area contributed by atoms with Crippen molar-refractivity contribution < 1.29 is 4.74 Å². The Bertz CT molecular complexity index is 588. The zero-order chi connectivity index (χ0) is 15.1. The number of benzene rings is 1. The summed E-state index contributed by atoms with van der Waals surface area (Å²) in [6.07, 6.45) is 1.84. The lowest BCUT2D eigenvalue weighted by Gasteiger charge is -2.11. The maximum Gasteiger partial charge on any atom is 0.323 e. The predicted octanol–water partition coefficient (Wildman–Crippen LogP) is 3.01. The number of nitrogens with zero attached hydrogens (tertiary/aromatic N) is 3. The number of hydrogen-bond acceptors (Lipinski definition) is 6. The number of ether oxygens (including phenoxy) is 1. The number of para-hydroxylation sites is 1. The van der Waals surface area contributed by atoms with Crippen LogP contribution in [0.4, 0.5) is 17.6 Å². The smallest absolute Gasteiger partial charge is 0.323 e. The molecule has 0 radical (unpaired) electrons. The van der Waals surface area contributed by atoms with Crippen LogP contribution in [0.2, 0.25) is 0 Å². The van der Waals surface area contributed by atoms with E-state index in [0.29, 0.717) is 24.5 Å². The molecule has 2 N–H and O–H groups in total. The van der Waals surface area contributed by atoms with Crippen LogP contribution in [-0.4, -0.2) is 28.6 Å². The van der Waals surface area contributed by atoms with Gasteiger partial charge < -0.3 is 15.4 Å². The lowest BCUT2D eigenvalue weighted by atomic mass is 10.1. The molecule has 0 spiro atoms. The Balaban J connectivity index is 2.25. The van der Waals surface area contributed by atoms with Gasteiger partial charge in [-0.15, -0.1) is 0 Å². The van der Waals surface area contributed by atoms with Gasteiger partial charge in [-0.2, -0.15) is 15.0 Å². The third kappa shape index (κ3) is 4.05. The normalized spacial score (nSPS) is 10.2. The predicted molar refractivity (Wildman–Crippen MR) is 84.3 cm³/mol. The molecular formula is C15H21N5O. The Hall–Kier alpha value is -2.37. The van der Waals surface area contributed by atoms with Crippen molar-refractivity contribution in [2.75, 3.05) is 24.3 Å². The molecule has 0 amide bonds. The SMILES string of the molecule is CCCOc1nc(NC)nc(Nc2ccccc2CC)n1. The van der Waals surface area contributed by atoms with Crippen LogP contribution >= 0.6 is 0 Å². The van der Waals surface area contributed by atoms with Gasteiger partial charge in [-0.1, -0.05) is 32.0 Å². The van der Waals surface area contributed by atoms with Crippen molar-refractivity contribution in [3.8, 4) is 6.01 Å². The number of anilines is 3. The largest absolute Gasteiger partial charge is 0.463 e. The van der Waals surface area contributed by atoms with E-state index >= 15 is 0 Å². The number of hydrogen-bond donors (Lipinski definition) is 2. The summed E-state index contributed by atoms with van der Waals surface area (Å²) in [7, 11) is 1.77. The van der Waals surface area contributed by atoms with Gasteiger partial charge in [0.2, 0.25) is 11.9 Å². The molecule has 21 heavy (non-hydrogen) atoms. The second-order valence-electron chi connectivity index (χ2n) is 4.50. The minimum atomic E-state index is 0.327. The summed E-state index contributed by atoms with van der Waals surface area (Å²) >= 11 is 0. The van der Waals surface area contributed by atoms with Gasteiger partial charge in [0.25, 0.3) is 0 Å². The number of aromatic nitrogens is 3. The Morgan fingerprint density at radius 3 is 2.52 bits per heavy atom. The third-order valence-electron chi connectivity index (χ3n) is 2.92. The lowest BCUT2D eigenvalue weighted by Crippen LogP contribution is -2.08. The molecule has 0 fully saturated rings. The summed E-state index contributed by atoms with van der Waals surface area (Å²) in [4.78, 5) is 12.8. The zero-order valence-electron chi connectivity index (χ0n) is 12.7. The molecular weight excluding hydrogens is 266 g/mol.